The highest BCUT2D eigenvalue weighted by Crippen LogP contribution is 2.28. The second kappa shape index (κ2) is 5.75. The minimum absolute atomic E-state index is 0.314. The van der Waals surface area contributed by atoms with Crippen molar-refractivity contribution in [1.29, 1.82) is 0 Å². The molecule has 1 aromatic heterocycles. The predicted octanol–water partition coefficient (Wildman–Crippen LogP) is 2.24. The van der Waals surface area contributed by atoms with Crippen molar-refractivity contribution in [1.82, 2.24) is 15.3 Å². The monoisotopic (exact) mass is 261 g/mol. The Hall–Kier alpha value is -2.01. The highest BCUT2D eigenvalue weighted by Gasteiger charge is 2.19. The SMILES string of the molecule is CNC(c1ncc(C)cn1)c1cc(F)ccc1OC. The minimum Gasteiger partial charge on any atom is -0.496 e. The Morgan fingerprint density at radius 2 is 1.95 bits per heavy atom. The fourth-order valence-electron chi connectivity index (χ4n) is 1.91. The highest BCUT2D eigenvalue weighted by atomic mass is 19.1. The Bertz CT molecular complexity index is 557. The molecule has 1 unspecified atom stereocenters. The smallest absolute Gasteiger partial charge is 0.149 e. The molecule has 0 fully saturated rings. The van der Waals surface area contributed by atoms with Crippen molar-refractivity contribution < 1.29 is 9.13 Å². The number of ether oxygens (including phenoxy) is 1. The number of benzene rings is 1. The van der Waals surface area contributed by atoms with E-state index < -0.39 is 0 Å². The van der Waals surface area contributed by atoms with E-state index >= 15 is 0 Å². The fraction of sp³-hybridized carbons (Fsp3) is 0.286. The molecule has 5 heteroatoms. The van der Waals surface area contributed by atoms with Gasteiger partial charge in [-0.3, -0.25) is 0 Å². The number of aryl methyl sites for hydroxylation is 1. The second-order valence-electron chi connectivity index (χ2n) is 4.23. The Morgan fingerprint density at radius 1 is 1.26 bits per heavy atom. The molecule has 2 rings (SSSR count). The van der Waals surface area contributed by atoms with E-state index in [1.807, 2.05) is 6.92 Å². The van der Waals surface area contributed by atoms with Crippen molar-refractivity contribution in [3.05, 3.63) is 53.4 Å². The molecule has 0 saturated carbocycles. The standard InChI is InChI=1S/C14H16FN3O/c1-9-7-17-14(18-8-9)13(16-2)11-6-10(15)4-5-12(11)19-3/h4-8,13,16H,1-3H3. The Morgan fingerprint density at radius 3 is 2.53 bits per heavy atom. The number of nitrogens with zero attached hydrogens (tertiary/aromatic N) is 2. The maximum atomic E-state index is 13.4. The molecule has 2 aromatic rings. The normalized spacial score (nSPS) is 12.2. The van der Waals surface area contributed by atoms with Crippen LogP contribution in [0, 0.1) is 12.7 Å². The third kappa shape index (κ3) is 2.88. The van der Waals surface area contributed by atoms with Crippen molar-refractivity contribution in [2.75, 3.05) is 14.2 Å². The van der Waals surface area contributed by atoms with Crippen LogP contribution in [0.3, 0.4) is 0 Å². The van der Waals surface area contributed by atoms with E-state index in [0.717, 1.165) is 5.56 Å². The molecule has 19 heavy (non-hydrogen) atoms. The number of methoxy groups -OCH3 is 1. The first kappa shape index (κ1) is 13.4. The molecular formula is C14H16FN3O. The predicted molar refractivity (Wildman–Crippen MR) is 70.6 cm³/mol. The van der Waals surface area contributed by atoms with Gasteiger partial charge in [-0.25, -0.2) is 14.4 Å². The van der Waals surface area contributed by atoms with Crippen LogP contribution in [0.15, 0.2) is 30.6 Å². The van der Waals surface area contributed by atoms with Crippen LogP contribution in [0.1, 0.15) is 23.0 Å². The van der Waals surface area contributed by atoms with Crippen LogP contribution in [0.2, 0.25) is 0 Å². The van der Waals surface area contributed by atoms with Gasteiger partial charge in [0.25, 0.3) is 0 Å². The van der Waals surface area contributed by atoms with Crippen molar-refractivity contribution in [3.8, 4) is 5.75 Å². The summed E-state index contributed by atoms with van der Waals surface area (Å²) in [5.74, 6) is 0.866. The number of aromatic nitrogens is 2. The van der Waals surface area contributed by atoms with Crippen LogP contribution < -0.4 is 10.1 Å². The van der Waals surface area contributed by atoms with Crippen molar-refractivity contribution in [3.63, 3.8) is 0 Å². The summed E-state index contributed by atoms with van der Waals surface area (Å²) >= 11 is 0. The molecule has 0 radical (unpaired) electrons. The molecule has 1 aromatic carbocycles. The highest BCUT2D eigenvalue weighted by molar-refractivity contribution is 5.39. The molecule has 1 heterocycles. The van der Waals surface area contributed by atoms with E-state index in [-0.39, 0.29) is 11.9 Å². The second-order valence-corrected chi connectivity index (χ2v) is 4.23. The summed E-state index contributed by atoms with van der Waals surface area (Å²) in [5, 5.41) is 3.08. The molecular weight excluding hydrogens is 245 g/mol. The summed E-state index contributed by atoms with van der Waals surface area (Å²) in [4.78, 5) is 8.56. The summed E-state index contributed by atoms with van der Waals surface area (Å²) < 4.78 is 18.7. The van der Waals surface area contributed by atoms with Gasteiger partial charge in [0, 0.05) is 18.0 Å². The van der Waals surface area contributed by atoms with Gasteiger partial charge in [-0.2, -0.15) is 0 Å². The first-order valence-electron chi connectivity index (χ1n) is 5.95. The number of nitrogens with one attached hydrogen (secondary N) is 1. The van der Waals surface area contributed by atoms with E-state index in [1.54, 1.807) is 32.6 Å². The molecule has 1 atom stereocenters. The Kier molecular flexibility index (Phi) is 4.06. The quantitative estimate of drug-likeness (QED) is 0.917. The van der Waals surface area contributed by atoms with E-state index in [4.69, 9.17) is 4.74 Å². The number of hydrogen-bond donors (Lipinski definition) is 1. The molecule has 0 aliphatic carbocycles. The maximum absolute atomic E-state index is 13.4. The van der Waals surface area contributed by atoms with Crippen LogP contribution in [0.4, 0.5) is 4.39 Å². The Balaban J connectivity index is 2.47. The van der Waals surface area contributed by atoms with Crippen molar-refractivity contribution in [2.24, 2.45) is 0 Å². The average Bonchev–Trinajstić information content (AvgIpc) is 2.42. The first-order chi connectivity index (χ1) is 9.15. The maximum Gasteiger partial charge on any atom is 0.149 e. The molecule has 1 N–H and O–H groups in total. The van der Waals surface area contributed by atoms with Crippen LogP contribution in [-0.4, -0.2) is 24.1 Å². The van der Waals surface area contributed by atoms with E-state index in [1.165, 1.54) is 12.1 Å². The number of rotatable bonds is 4. The largest absolute Gasteiger partial charge is 0.496 e. The van der Waals surface area contributed by atoms with Crippen molar-refractivity contribution in [2.45, 2.75) is 13.0 Å². The zero-order chi connectivity index (χ0) is 13.8. The average molecular weight is 261 g/mol. The fourth-order valence-corrected chi connectivity index (χ4v) is 1.91. The third-order valence-electron chi connectivity index (χ3n) is 2.85. The van der Waals surface area contributed by atoms with E-state index in [2.05, 4.69) is 15.3 Å². The molecule has 4 nitrogen and oxygen atoms in total. The molecule has 0 saturated heterocycles. The van der Waals surface area contributed by atoms with Crippen LogP contribution in [0.25, 0.3) is 0 Å². The zero-order valence-corrected chi connectivity index (χ0v) is 11.1. The van der Waals surface area contributed by atoms with E-state index in [0.29, 0.717) is 17.1 Å². The molecule has 0 aliphatic rings. The van der Waals surface area contributed by atoms with Gasteiger partial charge in [-0.1, -0.05) is 0 Å². The number of halogens is 1. The van der Waals surface area contributed by atoms with Gasteiger partial charge in [0.2, 0.25) is 0 Å². The summed E-state index contributed by atoms with van der Waals surface area (Å²) in [5.41, 5.74) is 1.65. The minimum atomic E-state index is -0.317. The van der Waals surface area contributed by atoms with Crippen LogP contribution in [0.5, 0.6) is 5.75 Å². The van der Waals surface area contributed by atoms with Gasteiger partial charge in [0.15, 0.2) is 0 Å². The topological polar surface area (TPSA) is 47.0 Å². The lowest BCUT2D eigenvalue weighted by atomic mass is 10.0. The van der Waals surface area contributed by atoms with Crippen molar-refractivity contribution >= 4 is 0 Å². The Labute approximate surface area is 111 Å². The summed E-state index contributed by atoms with van der Waals surface area (Å²) in [6.07, 6.45) is 3.47. The van der Waals surface area contributed by atoms with Gasteiger partial charge in [0.05, 0.1) is 13.2 Å². The number of hydrogen-bond acceptors (Lipinski definition) is 4. The van der Waals surface area contributed by atoms with Gasteiger partial charge < -0.3 is 10.1 Å². The molecule has 0 bridgehead atoms. The summed E-state index contributed by atoms with van der Waals surface area (Å²) in [6.45, 7) is 1.92. The zero-order valence-electron chi connectivity index (χ0n) is 11.1. The third-order valence-corrected chi connectivity index (χ3v) is 2.85. The van der Waals surface area contributed by atoms with Gasteiger partial charge >= 0.3 is 0 Å². The molecule has 0 spiro atoms. The van der Waals surface area contributed by atoms with Gasteiger partial charge in [0.1, 0.15) is 17.4 Å². The molecule has 100 valence electrons. The molecule has 0 aliphatic heterocycles. The van der Waals surface area contributed by atoms with Crippen LogP contribution >= 0.6 is 0 Å². The van der Waals surface area contributed by atoms with Gasteiger partial charge in [-0.05, 0) is 37.7 Å². The first-order valence-corrected chi connectivity index (χ1v) is 5.95. The summed E-state index contributed by atoms with van der Waals surface area (Å²) in [6, 6.07) is 4.09. The summed E-state index contributed by atoms with van der Waals surface area (Å²) in [7, 11) is 3.33. The van der Waals surface area contributed by atoms with Crippen LogP contribution in [-0.2, 0) is 0 Å². The molecule has 0 amide bonds. The lowest BCUT2D eigenvalue weighted by Gasteiger charge is -2.18. The lowest BCUT2D eigenvalue weighted by molar-refractivity contribution is 0.402. The van der Waals surface area contributed by atoms with E-state index in [9.17, 15) is 4.39 Å². The lowest BCUT2D eigenvalue weighted by Crippen LogP contribution is -2.21. The van der Waals surface area contributed by atoms with Gasteiger partial charge in [-0.15, -0.1) is 0 Å².